The first-order valence-corrected chi connectivity index (χ1v) is 8.01. The third kappa shape index (κ3) is 4.22. The van der Waals surface area contributed by atoms with E-state index in [9.17, 15) is 5.11 Å². The molecule has 0 saturated heterocycles. The van der Waals surface area contributed by atoms with E-state index in [-0.39, 0.29) is 6.10 Å². The standard InChI is InChI=1S/C16H23BrO2/c1-19-16-9-8-13(11-14(16)17)15(18)10-12-6-4-2-3-5-7-12/h8-9,11-12,15,18H,2-7,10H2,1H3. The Labute approximate surface area is 124 Å². The van der Waals surface area contributed by atoms with Gasteiger partial charge in [0, 0.05) is 0 Å². The number of rotatable bonds is 4. The van der Waals surface area contributed by atoms with Crippen molar-refractivity contribution in [1.82, 2.24) is 0 Å². The molecule has 0 aromatic heterocycles. The van der Waals surface area contributed by atoms with Crippen LogP contribution in [0.2, 0.25) is 0 Å². The molecule has 0 heterocycles. The van der Waals surface area contributed by atoms with Crippen molar-refractivity contribution in [2.75, 3.05) is 7.11 Å². The fraction of sp³-hybridized carbons (Fsp3) is 0.625. The van der Waals surface area contributed by atoms with Crippen LogP contribution in [-0.2, 0) is 0 Å². The van der Waals surface area contributed by atoms with Crippen LogP contribution >= 0.6 is 15.9 Å². The number of methoxy groups -OCH3 is 1. The molecule has 1 atom stereocenters. The predicted molar refractivity (Wildman–Crippen MR) is 81.5 cm³/mol. The van der Waals surface area contributed by atoms with Crippen molar-refractivity contribution in [2.24, 2.45) is 5.92 Å². The summed E-state index contributed by atoms with van der Waals surface area (Å²) >= 11 is 3.48. The molecule has 1 aromatic carbocycles. The van der Waals surface area contributed by atoms with Gasteiger partial charge < -0.3 is 9.84 Å². The van der Waals surface area contributed by atoms with Crippen molar-refractivity contribution < 1.29 is 9.84 Å². The number of aliphatic hydroxyl groups is 1. The lowest BCUT2D eigenvalue weighted by molar-refractivity contribution is 0.139. The van der Waals surface area contributed by atoms with Gasteiger partial charge in [0.05, 0.1) is 17.7 Å². The lowest BCUT2D eigenvalue weighted by atomic mass is 9.91. The molecular weight excluding hydrogens is 304 g/mol. The van der Waals surface area contributed by atoms with Crippen LogP contribution in [0.15, 0.2) is 22.7 Å². The van der Waals surface area contributed by atoms with Gasteiger partial charge in [0.15, 0.2) is 0 Å². The molecule has 1 unspecified atom stereocenters. The molecular formula is C16H23BrO2. The van der Waals surface area contributed by atoms with Crippen LogP contribution in [0.1, 0.15) is 56.6 Å². The third-order valence-electron chi connectivity index (χ3n) is 4.09. The summed E-state index contributed by atoms with van der Waals surface area (Å²) in [7, 11) is 1.65. The van der Waals surface area contributed by atoms with Gasteiger partial charge in [0.1, 0.15) is 5.75 Å². The van der Waals surface area contributed by atoms with Crippen LogP contribution in [0.25, 0.3) is 0 Å². The molecule has 1 saturated carbocycles. The molecule has 3 heteroatoms. The summed E-state index contributed by atoms with van der Waals surface area (Å²) in [6.07, 6.45) is 8.45. The Kier molecular flexibility index (Phi) is 5.71. The Bertz CT molecular complexity index is 398. The van der Waals surface area contributed by atoms with E-state index in [0.717, 1.165) is 22.2 Å². The fourth-order valence-corrected chi connectivity index (χ4v) is 3.50. The van der Waals surface area contributed by atoms with Crippen molar-refractivity contribution >= 4 is 15.9 Å². The number of hydrogen-bond donors (Lipinski definition) is 1. The summed E-state index contributed by atoms with van der Waals surface area (Å²) in [5.74, 6) is 1.49. The maximum atomic E-state index is 10.4. The molecule has 1 aromatic rings. The van der Waals surface area contributed by atoms with Crippen LogP contribution < -0.4 is 4.74 Å². The van der Waals surface area contributed by atoms with Crippen molar-refractivity contribution in [3.05, 3.63) is 28.2 Å². The second-order valence-corrected chi connectivity index (χ2v) is 6.36. The van der Waals surface area contributed by atoms with Gasteiger partial charge in [-0.15, -0.1) is 0 Å². The maximum absolute atomic E-state index is 10.4. The molecule has 2 nitrogen and oxygen atoms in total. The van der Waals surface area contributed by atoms with Crippen molar-refractivity contribution in [3.8, 4) is 5.75 Å². The highest BCUT2D eigenvalue weighted by molar-refractivity contribution is 9.10. The molecule has 1 N–H and O–H groups in total. The Morgan fingerprint density at radius 2 is 1.95 bits per heavy atom. The topological polar surface area (TPSA) is 29.5 Å². The molecule has 0 spiro atoms. The zero-order valence-electron chi connectivity index (χ0n) is 11.6. The molecule has 1 fully saturated rings. The number of benzene rings is 1. The molecule has 19 heavy (non-hydrogen) atoms. The summed E-state index contributed by atoms with van der Waals surface area (Å²) in [5, 5.41) is 10.4. The lowest BCUT2D eigenvalue weighted by Gasteiger charge is -2.19. The predicted octanol–water partition coefficient (Wildman–Crippen LogP) is 4.85. The summed E-state index contributed by atoms with van der Waals surface area (Å²) in [5.41, 5.74) is 0.983. The van der Waals surface area contributed by atoms with Gasteiger partial charge in [-0.25, -0.2) is 0 Å². The van der Waals surface area contributed by atoms with Gasteiger partial charge in [-0.3, -0.25) is 0 Å². The quantitative estimate of drug-likeness (QED) is 0.801. The zero-order chi connectivity index (χ0) is 13.7. The fourth-order valence-electron chi connectivity index (χ4n) is 2.94. The SMILES string of the molecule is COc1ccc(C(O)CC2CCCCCC2)cc1Br. The van der Waals surface area contributed by atoms with E-state index >= 15 is 0 Å². The number of halogens is 1. The average molecular weight is 327 g/mol. The molecule has 106 valence electrons. The smallest absolute Gasteiger partial charge is 0.133 e. The first-order chi connectivity index (χ1) is 9.20. The number of hydrogen-bond acceptors (Lipinski definition) is 2. The third-order valence-corrected chi connectivity index (χ3v) is 4.71. The van der Waals surface area contributed by atoms with Crippen LogP contribution in [0.4, 0.5) is 0 Å². The minimum absolute atomic E-state index is 0.356. The van der Waals surface area contributed by atoms with Gasteiger partial charge in [-0.2, -0.15) is 0 Å². The van der Waals surface area contributed by atoms with Gasteiger partial charge in [-0.1, -0.05) is 44.6 Å². The monoisotopic (exact) mass is 326 g/mol. The van der Waals surface area contributed by atoms with Gasteiger partial charge in [-0.05, 0) is 46.0 Å². The van der Waals surface area contributed by atoms with E-state index in [1.54, 1.807) is 7.11 Å². The molecule has 0 amide bonds. The highest BCUT2D eigenvalue weighted by atomic mass is 79.9. The minimum Gasteiger partial charge on any atom is -0.496 e. The van der Waals surface area contributed by atoms with E-state index < -0.39 is 0 Å². The number of ether oxygens (including phenoxy) is 1. The second-order valence-electron chi connectivity index (χ2n) is 5.50. The molecule has 1 aliphatic rings. The molecule has 2 rings (SSSR count). The Hall–Kier alpha value is -0.540. The van der Waals surface area contributed by atoms with E-state index in [1.165, 1.54) is 38.5 Å². The van der Waals surface area contributed by atoms with E-state index in [4.69, 9.17) is 4.74 Å². The first-order valence-electron chi connectivity index (χ1n) is 7.22. The average Bonchev–Trinajstić information content (AvgIpc) is 2.67. The summed E-state index contributed by atoms with van der Waals surface area (Å²) in [6, 6.07) is 5.85. The lowest BCUT2D eigenvalue weighted by Crippen LogP contribution is -2.07. The first kappa shape index (κ1) is 14.9. The molecule has 0 aliphatic heterocycles. The van der Waals surface area contributed by atoms with E-state index in [1.807, 2.05) is 18.2 Å². The van der Waals surface area contributed by atoms with Gasteiger partial charge in [0.2, 0.25) is 0 Å². The Morgan fingerprint density at radius 3 is 2.53 bits per heavy atom. The van der Waals surface area contributed by atoms with E-state index in [0.29, 0.717) is 5.92 Å². The summed E-state index contributed by atoms with van der Waals surface area (Å²) in [4.78, 5) is 0. The van der Waals surface area contributed by atoms with Crippen LogP contribution in [-0.4, -0.2) is 12.2 Å². The molecule has 0 bridgehead atoms. The van der Waals surface area contributed by atoms with Crippen molar-refractivity contribution in [3.63, 3.8) is 0 Å². The van der Waals surface area contributed by atoms with Gasteiger partial charge in [0.25, 0.3) is 0 Å². The van der Waals surface area contributed by atoms with Crippen molar-refractivity contribution in [2.45, 2.75) is 51.0 Å². The van der Waals surface area contributed by atoms with Crippen LogP contribution in [0, 0.1) is 5.92 Å². The van der Waals surface area contributed by atoms with Gasteiger partial charge >= 0.3 is 0 Å². The molecule has 1 aliphatic carbocycles. The highest BCUT2D eigenvalue weighted by Gasteiger charge is 2.18. The zero-order valence-corrected chi connectivity index (χ0v) is 13.2. The summed E-state index contributed by atoms with van der Waals surface area (Å²) < 4.78 is 6.13. The van der Waals surface area contributed by atoms with Crippen LogP contribution in [0.5, 0.6) is 5.75 Å². The highest BCUT2D eigenvalue weighted by Crippen LogP contribution is 2.33. The normalized spacial score (nSPS) is 18.9. The Balaban J connectivity index is 1.98. The second kappa shape index (κ2) is 7.30. The largest absolute Gasteiger partial charge is 0.496 e. The molecule has 0 radical (unpaired) electrons. The minimum atomic E-state index is -0.356. The maximum Gasteiger partial charge on any atom is 0.133 e. The van der Waals surface area contributed by atoms with Crippen molar-refractivity contribution in [1.29, 1.82) is 0 Å². The number of aliphatic hydroxyl groups excluding tert-OH is 1. The Morgan fingerprint density at radius 1 is 1.26 bits per heavy atom. The summed E-state index contributed by atoms with van der Waals surface area (Å²) in [6.45, 7) is 0. The van der Waals surface area contributed by atoms with Crippen LogP contribution in [0.3, 0.4) is 0 Å². The van der Waals surface area contributed by atoms with E-state index in [2.05, 4.69) is 15.9 Å².